The molecule has 1 aromatic carbocycles. The fourth-order valence-electron chi connectivity index (χ4n) is 4.21. The average molecular weight is 402 g/mol. The van der Waals surface area contributed by atoms with Gasteiger partial charge in [-0.1, -0.05) is 6.07 Å². The Labute approximate surface area is 171 Å². The van der Waals surface area contributed by atoms with Crippen LogP contribution in [0.5, 0.6) is 11.6 Å². The van der Waals surface area contributed by atoms with Crippen molar-refractivity contribution in [2.75, 3.05) is 26.3 Å². The number of fused-ring (bicyclic) bond motifs is 1. The third-order valence-corrected chi connectivity index (χ3v) is 5.95. The first-order valence-electron chi connectivity index (χ1n) is 10.7. The first-order valence-corrected chi connectivity index (χ1v) is 10.7. The second kappa shape index (κ2) is 9.48. The summed E-state index contributed by atoms with van der Waals surface area (Å²) in [4.78, 5) is 11.0. The van der Waals surface area contributed by atoms with Crippen molar-refractivity contribution in [1.82, 2.24) is 10.5 Å². The van der Waals surface area contributed by atoms with Crippen LogP contribution in [0.15, 0.2) is 22.7 Å². The molecule has 0 atom stereocenters. The summed E-state index contributed by atoms with van der Waals surface area (Å²) in [6, 6.07) is 5.77. The van der Waals surface area contributed by atoms with Crippen LogP contribution in [0.4, 0.5) is 0 Å². The van der Waals surface area contributed by atoms with Crippen molar-refractivity contribution in [3.8, 4) is 11.6 Å². The zero-order valence-corrected chi connectivity index (χ0v) is 17.0. The standard InChI is InChI=1S/C22H30N2O5/c1-15(25)26-13-16-5-7-18(8-6-16)28-19-3-2-4-20-21(19)22(24-29-20)27-14-17-9-11-23-12-10-17/h2-4,16-18,23H,5-14H2,1H3/t16-,18+. The van der Waals surface area contributed by atoms with Crippen molar-refractivity contribution >= 4 is 16.9 Å². The molecule has 0 amide bonds. The lowest BCUT2D eigenvalue weighted by Crippen LogP contribution is -2.30. The number of carbonyl (C=O) groups excluding carboxylic acids is 1. The third kappa shape index (κ3) is 5.21. The Kier molecular flexibility index (Phi) is 6.54. The minimum Gasteiger partial charge on any atom is -0.489 e. The van der Waals surface area contributed by atoms with Gasteiger partial charge in [0.2, 0.25) is 0 Å². The number of aromatic nitrogens is 1. The molecule has 1 saturated heterocycles. The summed E-state index contributed by atoms with van der Waals surface area (Å²) in [6.07, 6.45) is 6.26. The number of piperidine rings is 1. The number of benzene rings is 1. The molecule has 0 radical (unpaired) electrons. The van der Waals surface area contributed by atoms with Crippen LogP contribution < -0.4 is 14.8 Å². The first kappa shape index (κ1) is 20.0. The number of rotatable bonds is 7. The number of hydrogen-bond donors (Lipinski definition) is 1. The molecule has 0 bridgehead atoms. The molecule has 1 aliphatic heterocycles. The highest BCUT2D eigenvalue weighted by Gasteiger charge is 2.25. The summed E-state index contributed by atoms with van der Waals surface area (Å²) in [5.74, 6) is 2.06. The molecule has 1 saturated carbocycles. The van der Waals surface area contributed by atoms with Crippen LogP contribution in [0, 0.1) is 11.8 Å². The monoisotopic (exact) mass is 402 g/mol. The van der Waals surface area contributed by atoms with Crippen LogP contribution in [0.2, 0.25) is 0 Å². The van der Waals surface area contributed by atoms with E-state index >= 15 is 0 Å². The topological polar surface area (TPSA) is 82.8 Å². The Morgan fingerprint density at radius 3 is 2.62 bits per heavy atom. The SMILES string of the molecule is CC(=O)OC[C@H]1CC[C@@H](Oc2cccc3onc(OCC4CCNCC4)c23)CC1. The number of esters is 1. The van der Waals surface area contributed by atoms with Gasteiger partial charge in [0.05, 0.1) is 19.3 Å². The van der Waals surface area contributed by atoms with Gasteiger partial charge in [0.25, 0.3) is 5.88 Å². The van der Waals surface area contributed by atoms with Crippen LogP contribution in [-0.2, 0) is 9.53 Å². The average Bonchev–Trinajstić information content (AvgIpc) is 3.17. The second-order valence-electron chi connectivity index (χ2n) is 8.18. The van der Waals surface area contributed by atoms with Crippen molar-refractivity contribution in [3.63, 3.8) is 0 Å². The van der Waals surface area contributed by atoms with Crippen LogP contribution in [-0.4, -0.2) is 43.5 Å². The number of nitrogens with one attached hydrogen (secondary N) is 1. The highest BCUT2D eigenvalue weighted by atomic mass is 16.5. The van der Waals surface area contributed by atoms with Crippen LogP contribution in [0.3, 0.4) is 0 Å². The molecule has 29 heavy (non-hydrogen) atoms. The van der Waals surface area contributed by atoms with Gasteiger partial charge in [0.15, 0.2) is 5.58 Å². The van der Waals surface area contributed by atoms with Crippen LogP contribution in [0.1, 0.15) is 45.4 Å². The fraction of sp³-hybridized carbons (Fsp3) is 0.636. The van der Waals surface area contributed by atoms with Crippen molar-refractivity contribution in [2.24, 2.45) is 11.8 Å². The molecule has 1 aromatic heterocycles. The normalized spacial score (nSPS) is 23.1. The first-order chi connectivity index (χ1) is 14.2. The van der Waals surface area contributed by atoms with Gasteiger partial charge in [-0.2, -0.15) is 0 Å². The minimum absolute atomic E-state index is 0.140. The molecular weight excluding hydrogens is 372 g/mol. The lowest BCUT2D eigenvalue weighted by Gasteiger charge is -2.28. The maximum Gasteiger partial charge on any atom is 0.302 e. The number of nitrogens with zero attached hydrogens (tertiary/aromatic N) is 1. The van der Waals surface area contributed by atoms with E-state index in [0.29, 0.717) is 36.5 Å². The number of hydrogen-bond acceptors (Lipinski definition) is 7. The molecule has 7 nitrogen and oxygen atoms in total. The molecule has 7 heteroatoms. The van der Waals surface area contributed by atoms with Crippen LogP contribution in [0.25, 0.3) is 11.0 Å². The second-order valence-corrected chi connectivity index (χ2v) is 8.18. The Morgan fingerprint density at radius 1 is 1.10 bits per heavy atom. The van der Waals surface area contributed by atoms with Crippen molar-refractivity contribution in [3.05, 3.63) is 18.2 Å². The maximum absolute atomic E-state index is 11.0. The fourth-order valence-corrected chi connectivity index (χ4v) is 4.21. The molecule has 158 valence electrons. The summed E-state index contributed by atoms with van der Waals surface area (Å²) in [5.41, 5.74) is 0.686. The van der Waals surface area contributed by atoms with Crippen molar-refractivity contribution < 1.29 is 23.5 Å². The largest absolute Gasteiger partial charge is 0.489 e. The minimum atomic E-state index is -0.209. The third-order valence-electron chi connectivity index (χ3n) is 5.95. The quantitative estimate of drug-likeness (QED) is 0.707. The maximum atomic E-state index is 11.0. The van der Waals surface area contributed by atoms with E-state index in [9.17, 15) is 4.79 Å². The highest BCUT2D eigenvalue weighted by Crippen LogP contribution is 2.36. The lowest BCUT2D eigenvalue weighted by atomic mass is 9.88. The summed E-state index contributed by atoms with van der Waals surface area (Å²) >= 11 is 0. The van der Waals surface area contributed by atoms with Crippen molar-refractivity contribution in [1.29, 1.82) is 0 Å². The Balaban J connectivity index is 1.37. The van der Waals surface area contributed by atoms with Crippen molar-refractivity contribution in [2.45, 2.75) is 51.6 Å². The zero-order valence-electron chi connectivity index (χ0n) is 17.0. The molecule has 0 spiro atoms. The van der Waals surface area contributed by atoms with E-state index in [1.165, 1.54) is 6.92 Å². The van der Waals surface area contributed by atoms with E-state index < -0.39 is 0 Å². The van der Waals surface area contributed by atoms with Gasteiger partial charge in [-0.15, -0.1) is 0 Å². The molecule has 0 unspecified atom stereocenters. The van der Waals surface area contributed by atoms with Gasteiger partial charge in [0, 0.05) is 6.92 Å². The van der Waals surface area contributed by atoms with E-state index in [0.717, 1.165) is 62.8 Å². The smallest absolute Gasteiger partial charge is 0.302 e. The molecule has 2 aromatic rings. The molecule has 2 heterocycles. The van der Waals surface area contributed by atoms with E-state index in [1.807, 2.05) is 18.2 Å². The summed E-state index contributed by atoms with van der Waals surface area (Å²) in [6.45, 7) is 4.71. The number of carbonyl (C=O) groups is 1. The van der Waals surface area contributed by atoms with E-state index in [2.05, 4.69) is 10.5 Å². The van der Waals surface area contributed by atoms with Gasteiger partial charge in [0.1, 0.15) is 11.1 Å². The molecule has 1 aliphatic carbocycles. The molecule has 1 N–H and O–H groups in total. The summed E-state index contributed by atoms with van der Waals surface area (Å²) in [7, 11) is 0. The zero-order chi connectivity index (χ0) is 20.1. The lowest BCUT2D eigenvalue weighted by molar-refractivity contribution is -0.142. The van der Waals surface area contributed by atoms with Gasteiger partial charge in [-0.05, 0) is 80.7 Å². The predicted molar refractivity (Wildman–Crippen MR) is 108 cm³/mol. The molecule has 2 aliphatic rings. The van der Waals surface area contributed by atoms with E-state index in [4.69, 9.17) is 18.7 Å². The van der Waals surface area contributed by atoms with E-state index in [-0.39, 0.29) is 12.1 Å². The summed E-state index contributed by atoms with van der Waals surface area (Å²) < 4.78 is 23.0. The van der Waals surface area contributed by atoms with Crippen LogP contribution >= 0.6 is 0 Å². The Hall–Kier alpha value is -2.28. The Bertz CT molecular complexity index is 807. The van der Waals surface area contributed by atoms with Gasteiger partial charge >= 0.3 is 5.97 Å². The van der Waals surface area contributed by atoms with E-state index in [1.54, 1.807) is 0 Å². The van der Waals surface area contributed by atoms with Gasteiger partial charge in [-0.25, -0.2) is 0 Å². The predicted octanol–water partition coefficient (Wildman–Crippen LogP) is 3.71. The van der Waals surface area contributed by atoms with Gasteiger partial charge in [-0.3, -0.25) is 4.79 Å². The molecule has 2 fully saturated rings. The number of ether oxygens (including phenoxy) is 3. The molecular formula is C22H30N2O5. The van der Waals surface area contributed by atoms with Gasteiger partial charge < -0.3 is 24.1 Å². The highest BCUT2D eigenvalue weighted by molar-refractivity contribution is 5.88. The Morgan fingerprint density at radius 2 is 1.86 bits per heavy atom. The summed E-state index contributed by atoms with van der Waals surface area (Å²) in [5, 5.41) is 8.34. The molecule has 4 rings (SSSR count).